The topological polar surface area (TPSA) is 158 Å². The molecule has 0 radical (unpaired) electrons. The third-order valence-corrected chi connectivity index (χ3v) is 4.81. The Balaban J connectivity index is 2.50. The zero-order chi connectivity index (χ0) is 21.8. The maximum absolute atomic E-state index is 10.9. The van der Waals surface area contributed by atoms with Gasteiger partial charge in [-0.15, -0.1) is 0 Å². The highest BCUT2D eigenvalue weighted by Gasteiger charge is 2.38. The molecular weight excluding hydrogens is 386 g/mol. The van der Waals surface area contributed by atoms with E-state index in [2.05, 4.69) is 5.32 Å². The smallest absolute Gasteiger partial charge is 0.216 e. The van der Waals surface area contributed by atoms with Gasteiger partial charge in [-0.3, -0.25) is 4.79 Å². The van der Waals surface area contributed by atoms with E-state index in [1.165, 1.54) is 13.8 Å². The van der Waals surface area contributed by atoms with Gasteiger partial charge in [0.2, 0.25) is 5.91 Å². The van der Waals surface area contributed by atoms with Crippen molar-refractivity contribution in [2.75, 3.05) is 33.0 Å². The Bertz CT molecular complexity index is 451. The lowest BCUT2D eigenvalue weighted by Crippen LogP contribution is -2.51. The molecule has 0 unspecified atom stereocenters. The van der Waals surface area contributed by atoms with Crippen molar-refractivity contribution in [3.8, 4) is 0 Å². The summed E-state index contributed by atoms with van der Waals surface area (Å²) in [6, 6.07) is 0. The molecule has 1 aliphatic rings. The maximum atomic E-state index is 10.9. The molecule has 1 rings (SSSR count). The van der Waals surface area contributed by atoms with Gasteiger partial charge in [0.15, 0.2) is 0 Å². The molecule has 0 aromatic rings. The molecule has 0 bridgehead atoms. The van der Waals surface area contributed by atoms with Crippen LogP contribution in [0.5, 0.6) is 0 Å². The van der Waals surface area contributed by atoms with E-state index in [0.717, 1.165) is 0 Å². The monoisotopic (exact) mass is 423 g/mol. The summed E-state index contributed by atoms with van der Waals surface area (Å²) < 4.78 is 17.1. The number of aliphatic hydroxyl groups is 5. The van der Waals surface area contributed by atoms with Crippen molar-refractivity contribution in [1.29, 1.82) is 0 Å². The molecule has 0 spiro atoms. The largest absolute Gasteiger partial charge is 0.394 e. The van der Waals surface area contributed by atoms with E-state index in [1.807, 2.05) is 0 Å². The first-order valence-electron chi connectivity index (χ1n) is 10.2. The third kappa shape index (κ3) is 9.67. The van der Waals surface area contributed by atoms with Gasteiger partial charge >= 0.3 is 0 Å². The van der Waals surface area contributed by atoms with Crippen LogP contribution in [0.25, 0.3) is 0 Å². The quantitative estimate of drug-likeness (QED) is 0.179. The van der Waals surface area contributed by atoms with Crippen LogP contribution >= 0.6 is 0 Å². The SMILES string of the molecule is CC(=O)NCCCO[C@@H]1[C@@H](O)C[C@@H](CO)O[C@@H]1CCCO[C@H]([C@H](O)CO)[C@@H](C)O. The number of carbonyl (C=O) groups is 1. The molecule has 0 aromatic heterocycles. The van der Waals surface area contributed by atoms with Crippen molar-refractivity contribution in [2.24, 2.45) is 0 Å². The second-order valence-corrected chi connectivity index (χ2v) is 7.42. The van der Waals surface area contributed by atoms with Crippen LogP contribution in [0.1, 0.15) is 39.5 Å². The van der Waals surface area contributed by atoms with Crippen LogP contribution in [-0.2, 0) is 19.0 Å². The molecule has 1 saturated heterocycles. The van der Waals surface area contributed by atoms with Crippen molar-refractivity contribution >= 4 is 5.91 Å². The Morgan fingerprint density at radius 2 is 1.97 bits per heavy atom. The van der Waals surface area contributed by atoms with Crippen molar-refractivity contribution in [1.82, 2.24) is 5.32 Å². The molecule has 6 N–H and O–H groups in total. The lowest BCUT2D eigenvalue weighted by Gasteiger charge is -2.39. The van der Waals surface area contributed by atoms with Crippen molar-refractivity contribution in [2.45, 2.75) is 82.3 Å². The molecular formula is C19H37NO9. The first-order chi connectivity index (χ1) is 13.8. The minimum absolute atomic E-state index is 0.114. The molecule has 0 aromatic carbocycles. The maximum Gasteiger partial charge on any atom is 0.216 e. The molecule has 1 aliphatic heterocycles. The molecule has 1 heterocycles. The Morgan fingerprint density at radius 3 is 2.55 bits per heavy atom. The Hall–Kier alpha value is -0.850. The summed E-state index contributed by atoms with van der Waals surface area (Å²) in [7, 11) is 0. The van der Waals surface area contributed by atoms with Crippen LogP contribution in [0.2, 0.25) is 0 Å². The number of rotatable bonds is 14. The molecule has 7 atom stereocenters. The first-order valence-corrected chi connectivity index (χ1v) is 10.2. The number of carbonyl (C=O) groups excluding carboxylic acids is 1. The minimum atomic E-state index is -1.18. The van der Waals surface area contributed by atoms with Gasteiger partial charge in [0.25, 0.3) is 0 Å². The Kier molecular flexibility index (Phi) is 12.8. The van der Waals surface area contributed by atoms with Crippen LogP contribution in [-0.4, -0.2) is 107 Å². The van der Waals surface area contributed by atoms with E-state index in [1.54, 1.807) is 0 Å². The van der Waals surface area contributed by atoms with Gasteiger partial charge in [0, 0.05) is 33.1 Å². The summed E-state index contributed by atoms with van der Waals surface area (Å²) in [6.07, 6.45) is -3.45. The van der Waals surface area contributed by atoms with E-state index < -0.39 is 49.3 Å². The van der Waals surface area contributed by atoms with E-state index in [-0.39, 0.29) is 25.5 Å². The predicted molar refractivity (Wildman–Crippen MR) is 103 cm³/mol. The zero-order valence-corrected chi connectivity index (χ0v) is 17.3. The van der Waals surface area contributed by atoms with E-state index in [4.69, 9.17) is 19.3 Å². The summed E-state index contributed by atoms with van der Waals surface area (Å²) in [5, 5.41) is 50.8. The Morgan fingerprint density at radius 1 is 1.24 bits per heavy atom. The molecule has 1 fully saturated rings. The van der Waals surface area contributed by atoms with Crippen LogP contribution in [0.15, 0.2) is 0 Å². The molecule has 29 heavy (non-hydrogen) atoms. The third-order valence-electron chi connectivity index (χ3n) is 4.81. The van der Waals surface area contributed by atoms with E-state index in [0.29, 0.717) is 32.4 Å². The first kappa shape index (κ1) is 26.2. The number of nitrogens with one attached hydrogen (secondary N) is 1. The summed E-state index contributed by atoms with van der Waals surface area (Å²) in [6.45, 7) is 3.22. The van der Waals surface area contributed by atoms with Crippen LogP contribution in [0, 0.1) is 0 Å². The zero-order valence-electron chi connectivity index (χ0n) is 17.3. The average Bonchev–Trinajstić information content (AvgIpc) is 2.67. The second-order valence-electron chi connectivity index (χ2n) is 7.42. The van der Waals surface area contributed by atoms with Gasteiger partial charge in [-0.25, -0.2) is 0 Å². The lowest BCUT2D eigenvalue weighted by atomic mass is 9.95. The van der Waals surface area contributed by atoms with E-state index in [9.17, 15) is 25.2 Å². The highest BCUT2D eigenvalue weighted by Crippen LogP contribution is 2.26. The summed E-state index contributed by atoms with van der Waals surface area (Å²) in [4.78, 5) is 10.9. The van der Waals surface area contributed by atoms with Crippen molar-refractivity contribution in [3.05, 3.63) is 0 Å². The minimum Gasteiger partial charge on any atom is -0.394 e. The van der Waals surface area contributed by atoms with Gasteiger partial charge in [-0.2, -0.15) is 0 Å². The van der Waals surface area contributed by atoms with Gasteiger partial charge < -0.3 is 45.1 Å². The molecule has 0 aliphatic carbocycles. The predicted octanol–water partition coefficient (Wildman–Crippen LogP) is -1.69. The van der Waals surface area contributed by atoms with Gasteiger partial charge in [-0.1, -0.05) is 0 Å². The molecule has 10 heteroatoms. The molecule has 10 nitrogen and oxygen atoms in total. The van der Waals surface area contributed by atoms with Crippen LogP contribution in [0.4, 0.5) is 0 Å². The number of hydrogen-bond acceptors (Lipinski definition) is 9. The molecule has 1 amide bonds. The van der Waals surface area contributed by atoms with Gasteiger partial charge in [0.1, 0.15) is 18.3 Å². The fraction of sp³-hybridized carbons (Fsp3) is 0.947. The van der Waals surface area contributed by atoms with Crippen molar-refractivity contribution in [3.63, 3.8) is 0 Å². The van der Waals surface area contributed by atoms with Crippen molar-refractivity contribution < 1.29 is 44.5 Å². The van der Waals surface area contributed by atoms with Crippen LogP contribution < -0.4 is 5.32 Å². The number of hydrogen-bond donors (Lipinski definition) is 6. The second kappa shape index (κ2) is 14.2. The van der Waals surface area contributed by atoms with E-state index >= 15 is 0 Å². The Labute approximate surface area is 171 Å². The fourth-order valence-corrected chi connectivity index (χ4v) is 3.34. The molecule has 172 valence electrons. The normalized spacial score (nSPS) is 28.0. The summed E-state index contributed by atoms with van der Waals surface area (Å²) in [5.74, 6) is -0.114. The number of aliphatic hydroxyl groups excluding tert-OH is 5. The summed E-state index contributed by atoms with van der Waals surface area (Å²) >= 11 is 0. The average molecular weight is 424 g/mol. The highest BCUT2D eigenvalue weighted by molar-refractivity contribution is 5.72. The van der Waals surface area contributed by atoms with Gasteiger partial charge in [0.05, 0.1) is 37.6 Å². The number of amides is 1. The fourth-order valence-electron chi connectivity index (χ4n) is 3.34. The van der Waals surface area contributed by atoms with Crippen LogP contribution in [0.3, 0.4) is 0 Å². The summed E-state index contributed by atoms with van der Waals surface area (Å²) in [5.41, 5.74) is 0. The standard InChI is InChI=1S/C19H37NO9/c1-12(23)18(16(26)11-22)27-7-3-5-17-19(15(25)9-14(10-21)29-17)28-8-4-6-20-13(2)24/h12,14-19,21-23,25-26H,3-11H2,1-2H3,(H,20,24)/t12-,14+,15+,16-,17-,18+,19-/m1/s1. The number of ether oxygens (including phenoxy) is 3. The van der Waals surface area contributed by atoms with Gasteiger partial charge in [-0.05, 0) is 26.2 Å². The highest BCUT2D eigenvalue weighted by atomic mass is 16.6. The molecule has 0 saturated carbocycles. The lowest BCUT2D eigenvalue weighted by molar-refractivity contribution is -0.198.